The van der Waals surface area contributed by atoms with E-state index in [4.69, 9.17) is 9.72 Å². The number of carbonyl (C=O) groups is 1. The quantitative estimate of drug-likeness (QED) is 0.820. The van der Waals surface area contributed by atoms with E-state index in [2.05, 4.69) is 36.0 Å². The molecular formula is C22H30N4O2. The van der Waals surface area contributed by atoms with Crippen LogP contribution < -0.4 is 15.0 Å². The second-order valence-electron chi connectivity index (χ2n) is 7.80. The molecule has 2 aromatic rings. The molecule has 28 heavy (non-hydrogen) atoms. The average molecular weight is 383 g/mol. The molecule has 3 rings (SSSR count). The average Bonchev–Trinajstić information content (AvgIpc) is 2.72. The first-order valence-corrected chi connectivity index (χ1v) is 10.1. The van der Waals surface area contributed by atoms with Gasteiger partial charge in [0.1, 0.15) is 17.1 Å². The number of hydrogen-bond acceptors (Lipinski definition) is 5. The highest BCUT2D eigenvalue weighted by molar-refractivity contribution is 5.99. The maximum absolute atomic E-state index is 12.8. The van der Waals surface area contributed by atoms with Crippen LogP contribution in [0.4, 0.5) is 5.82 Å². The number of methoxy groups -OCH3 is 1. The number of carbonyl (C=O) groups excluding carboxylic acids is 1. The van der Waals surface area contributed by atoms with Crippen molar-refractivity contribution in [2.24, 2.45) is 5.92 Å². The molecule has 150 valence electrons. The Morgan fingerprint density at radius 2 is 2.04 bits per heavy atom. The van der Waals surface area contributed by atoms with Crippen molar-refractivity contribution in [3.63, 3.8) is 0 Å². The number of benzene rings is 1. The van der Waals surface area contributed by atoms with Gasteiger partial charge in [-0.3, -0.25) is 4.79 Å². The van der Waals surface area contributed by atoms with Crippen molar-refractivity contribution in [3.8, 4) is 17.1 Å². The van der Waals surface area contributed by atoms with Crippen molar-refractivity contribution in [2.75, 3.05) is 25.1 Å². The van der Waals surface area contributed by atoms with Crippen LogP contribution in [-0.2, 0) is 0 Å². The van der Waals surface area contributed by atoms with E-state index in [1.54, 1.807) is 13.3 Å². The Morgan fingerprint density at radius 1 is 1.29 bits per heavy atom. The van der Waals surface area contributed by atoms with Gasteiger partial charge >= 0.3 is 0 Å². The number of aromatic nitrogens is 2. The molecule has 0 bridgehead atoms. The van der Waals surface area contributed by atoms with Crippen molar-refractivity contribution in [3.05, 3.63) is 36.0 Å². The van der Waals surface area contributed by atoms with Crippen LogP contribution in [0.25, 0.3) is 11.4 Å². The number of rotatable bonds is 6. The standard InChI is InChI=1S/C22H30N4O2/c1-15(2)13-24-22(27)19-14-23-20(17-8-10-18(28-4)11-9-17)25-21(19)26-12-6-5-7-16(26)3/h8-11,14-16H,5-7,12-13H2,1-4H3,(H,24,27)/t16-/m0/s1. The van der Waals surface area contributed by atoms with E-state index in [0.717, 1.165) is 36.5 Å². The van der Waals surface area contributed by atoms with Gasteiger partial charge in [0.25, 0.3) is 5.91 Å². The summed E-state index contributed by atoms with van der Waals surface area (Å²) < 4.78 is 5.23. The highest BCUT2D eigenvalue weighted by Crippen LogP contribution is 2.28. The first kappa shape index (κ1) is 20.1. The molecule has 6 nitrogen and oxygen atoms in total. The fourth-order valence-corrected chi connectivity index (χ4v) is 3.44. The molecule has 1 aromatic heterocycles. The molecule has 1 aromatic carbocycles. The van der Waals surface area contributed by atoms with Crippen LogP contribution in [0.5, 0.6) is 5.75 Å². The van der Waals surface area contributed by atoms with E-state index in [1.807, 2.05) is 24.3 Å². The number of hydrogen-bond donors (Lipinski definition) is 1. The van der Waals surface area contributed by atoms with Gasteiger partial charge < -0.3 is 15.0 Å². The summed E-state index contributed by atoms with van der Waals surface area (Å²) >= 11 is 0. The van der Waals surface area contributed by atoms with Crippen LogP contribution in [-0.4, -0.2) is 42.1 Å². The van der Waals surface area contributed by atoms with Crippen LogP contribution in [0.3, 0.4) is 0 Å². The smallest absolute Gasteiger partial charge is 0.256 e. The molecule has 1 atom stereocenters. The molecule has 0 unspecified atom stereocenters. The fraction of sp³-hybridized carbons (Fsp3) is 0.500. The lowest BCUT2D eigenvalue weighted by Gasteiger charge is -2.35. The Balaban J connectivity index is 1.98. The van der Waals surface area contributed by atoms with Crippen molar-refractivity contribution < 1.29 is 9.53 Å². The van der Waals surface area contributed by atoms with Gasteiger partial charge in [-0.25, -0.2) is 9.97 Å². The minimum atomic E-state index is -0.109. The summed E-state index contributed by atoms with van der Waals surface area (Å²) in [6, 6.07) is 8.02. The van der Waals surface area contributed by atoms with E-state index in [9.17, 15) is 4.79 Å². The lowest BCUT2D eigenvalue weighted by molar-refractivity contribution is 0.0948. The Morgan fingerprint density at radius 3 is 2.68 bits per heavy atom. The summed E-state index contributed by atoms with van der Waals surface area (Å²) in [6.07, 6.45) is 5.09. The number of nitrogens with zero attached hydrogens (tertiary/aromatic N) is 3. The molecule has 0 saturated carbocycles. The molecule has 0 spiro atoms. The molecule has 2 heterocycles. The predicted molar refractivity (Wildman–Crippen MR) is 112 cm³/mol. The highest BCUT2D eigenvalue weighted by Gasteiger charge is 2.26. The van der Waals surface area contributed by atoms with Crippen LogP contribution in [0.2, 0.25) is 0 Å². The molecule has 6 heteroatoms. The van der Waals surface area contributed by atoms with Gasteiger partial charge in [0.15, 0.2) is 5.82 Å². The first-order chi connectivity index (χ1) is 13.5. The van der Waals surface area contributed by atoms with Gasteiger partial charge in [-0.1, -0.05) is 13.8 Å². The van der Waals surface area contributed by atoms with Gasteiger partial charge in [-0.2, -0.15) is 0 Å². The number of anilines is 1. The van der Waals surface area contributed by atoms with Crippen LogP contribution in [0.15, 0.2) is 30.5 Å². The molecule has 1 aliphatic heterocycles. The monoisotopic (exact) mass is 382 g/mol. The zero-order chi connectivity index (χ0) is 20.1. The second-order valence-corrected chi connectivity index (χ2v) is 7.80. The Hall–Kier alpha value is -2.63. The van der Waals surface area contributed by atoms with E-state index in [-0.39, 0.29) is 5.91 Å². The second kappa shape index (κ2) is 9.04. The molecular weight excluding hydrogens is 352 g/mol. The minimum absolute atomic E-state index is 0.109. The first-order valence-electron chi connectivity index (χ1n) is 10.1. The van der Waals surface area contributed by atoms with Gasteiger partial charge in [-0.15, -0.1) is 0 Å². The molecule has 0 aliphatic carbocycles. The topological polar surface area (TPSA) is 67.3 Å². The van der Waals surface area contributed by atoms with Crippen molar-refractivity contribution in [1.82, 2.24) is 15.3 Å². The SMILES string of the molecule is COc1ccc(-c2ncc(C(=O)NCC(C)C)c(N3CCCC[C@@H]3C)n2)cc1. The van der Waals surface area contributed by atoms with Gasteiger partial charge in [0, 0.05) is 30.9 Å². The van der Waals surface area contributed by atoms with Crippen LogP contribution in [0.1, 0.15) is 50.4 Å². The van der Waals surface area contributed by atoms with Crippen LogP contribution >= 0.6 is 0 Å². The number of ether oxygens (including phenoxy) is 1. The molecule has 1 N–H and O–H groups in total. The van der Waals surface area contributed by atoms with E-state index in [0.29, 0.717) is 29.9 Å². The van der Waals surface area contributed by atoms with Gasteiger partial charge in [-0.05, 0) is 56.4 Å². The van der Waals surface area contributed by atoms with E-state index in [1.165, 1.54) is 6.42 Å². The molecule has 1 saturated heterocycles. The maximum atomic E-state index is 12.8. The summed E-state index contributed by atoms with van der Waals surface area (Å²) in [5.41, 5.74) is 1.45. The number of nitrogens with one attached hydrogen (secondary N) is 1. The van der Waals surface area contributed by atoms with Gasteiger partial charge in [0.2, 0.25) is 0 Å². The van der Waals surface area contributed by atoms with Crippen LogP contribution in [0, 0.1) is 5.92 Å². The minimum Gasteiger partial charge on any atom is -0.497 e. The zero-order valence-corrected chi connectivity index (χ0v) is 17.2. The highest BCUT2D eigenvalue weighted by atomic mass is 16.5. The molecule has 0 radical (unpaired) electrons. The third kappa shape index (κ3) is 4.61. The summed E-state index contributed by atoms with van der Waals surface area (Å²) in [4.78, 5) is 24.4. The van der Waals surface area contributed by atoms with Gasteiger partial charge in [0.05, 0.1) is 7.11 Å². The van der Waals surface area contributed by atoms with Crippen molar-refractivity contribution >= 4 is 11.7 Å². The fourth-order valence-electron chi connectivity index (χ4n) is 3.44. The van der Waals surface area contributed by atoms with Crippen molar-refractivity contribution in [1.29, 1.82) is 0 Å². The Bertz CT molecular complexity index is 805. The van der Waals surface area contributed by atoms with E-state index < -0.39 is 0 Å². The summed E-state index contributed by atoms with van der Waals surface area (Å²) in [5, 5.41) is 3.00. The molecule has 1 fully saturated rings. The van der Waals surface area contributed by atoms with Crippen molar-refractivity contribution in [2.45, 2.75) is 46.1 Å². The molecule has 1 amide bonds. The third-order valence-corrected chi connectivity index (χ3v) is 5.11. The lowest BCUT2D eigenvalue weighted by Crippen LogP contribution is -2.40. The maximum Gasteiger partial charge on any atom is 0.256 e. The summed E-state index contributed by atoms with van der Waals surface area (Å²) in [7, 11) is 1.64. The zero-order valence-electron chi connectivity index (χ0n) is 17.2. The normalized spacial score (nSPS) is 16.9. The third-order valence-electron chi connectivity index (χ3n) is 5.11. The number of piperidine rings is 1. The van der Waals surface area contributed by atoms with E-state index >= 15 is 0 Å². The summed E-state index contributed by atoms with van der Waals surface area (Å²) in [6.45, 7) is 7.90. The largest absolute Gasteiger partial charge is 0.497 e. The molecule has 1 aliphatic rings. The Kier molecular flexibility index (Phi) is 6.49. The number of amides is 1. The Labute approximate surface area is 167 Å². The summed E-state index contributed by atoms with van der Waals surface area (Å²) in [5.74, 6) is 2.42. The lowest BCUT2D eigenvalue weighted by atomic mass is 10.0. The predicted octanol–water partition coefficient (Wildman–Crippen LogP) is 3.92.